The molecule has 1 aliphatic heterocycles. The summed E-state index contributed by atoms with van der Waals surface area (Å²) in [6, 6.07) is 0. The maximum Gasteiger partial charge on any atom is 0.150 e. The molecular weight excluding hydrogens is 106 g/mol. The minimum Gasteiger partial charge on any atom is -0.261 e. The molecule has 0 radical (unpaired) electrons. The summed E-state index contributed by atoms with van der Waals surface area (Å²) in [5, 5.41) is 5.54. The van der Waals surface area contributed by atoms with Crippen LogP contribution in [0.4, 0.5) is 0 Å². The van der Waals surface area contributed by atoms with E-state index in [0.717, 1.165) is 12.8 Å². The normalized spacial score (nSPS) is 22.6. The van der Waals surface area contributed by atoms with E-state index in [4.69, 9.17) is 5.41 Å². The van der Waals surface area contributed by atoms with Crippen molar-refractivity contribution in [2.75, 3.05) is 11.5 Å². The van der Waals surface area contributed by atoms with Gasteiger partial charge in [0.15, 0.2) is 5.71 Å². The third-order valence-corrected chi connectivity index (χ3v) is 2.12. The number of rotatable bonds is 0. The molecule has 0 saturated carbocycles. The molecule has 2 heteroatoms. The maximum atomic E-state index is 5.54. The highest BCUT2D eigenvalue weighted by atomic mass is 32.2. The molecule has 1 heterocycles. The molecule has 1 saturated heterocycles. The van der Waals surface area contributed by atoms with Crippen molar-refractivity contribution < 1.29 is 5.41 Å². The van der Waals surface area contributed by atoms with E-state index in [0.29, 0.717) is 0 Å². The van der Waals surface area contributed by atoms with Crippen molar-refractivity contribution in [2.24, 2.45) is 0 Å². The zero-order valence-electron chi connectivity index (χ0n) is 4.31. The lowest BCUT2D eigenvalue weighted by atomic mass is 10.2. The van der Waals surface area contributed by atoms with Crippen LogP contribution in [0.5, 0.6) is 0 Å². The number of hydrogen-bond donors (Lipinski definition) is 1. The van der Waals surface area contributed by atoms with Gasteiger partial charge in [-0.15, -0.1) is 0 Å². The topological polar surface area (TPSA) is 25.6 Å². The molecule has 2 N–H and O–H groups in total. The lowest BCUT2D eigenvalue weighted by Gasteiger charge is -2.04. The van der Waals surface area contributed by atoms with Crippen LogP contribution in [0.25, 0.3) is 0 Å². The second kappa shape index (κ2) is 2.36. The first-order valence-corrected chi connectivity index (χ1v) is 3.73. The van der Waals surface area contributed by atoms with Crippen LogP contribution in [0.1, 0.15) is 12.8 Å². The van der Waals surface area contributed by atoms with Gasteiger partial charge < -0.3 is 0 Å². The predicted octanol–water partition coefficient (Wildman–Crippen LogP) is -0.287. The van der Waals surface area contributed by atoms with Crippen molar-refractivity contribution >= 4 is 17.5 Å². The SMILES string of the molecule is [NH2+]=C1CCSCC1. The predicted molar refractivity (Wildman–Crippen MR) is 33.5 cm³/mol. The summed E-state index contributed by atoms with van der Waals surface area (Å²) >= 11 is 2.00. The summed E-state index contributed by atoms with van der Waals surface area (Å²) in [6.45, 7) is 0. The molecular formula is C5H10NS+. The van der Waals surface area contributed by atoms with E-state index in [9.17, 15) is 0 Å². The van der Waals surface area contributed by atoms with Gasteiger partial charge in [0, 0.05) is 24.3 Å². The highest BCUT2D eigenvalue weighted by molar-refractivity contribution is 7.99. The molecule has 1 aliphatic rings. The van der Waals surface area contributed by atoms with Crippen molar-refractivity contribution in [1.82, 2.24) is 0 Å². The minimum atomic E-state index is 1.14. The van der Waals surface area contributed by atoms with Crippen molar-refractivity contribution in [2.45, 2.75) is 12.8 Å². The summed E-state index contributed by atoms with van der Waals surface area (Å²) in [5.41, 5.74) is 1.19. The second-order valence-electron chi connectivity index (χ2n) is 1.77. The summed E-state index contributed by atoms with van der Waals surface area (Å²) in [7, 11) is 0. The average Bonchev–Trinajstić information content (AvgIpc) is 1.69. The Morgan fingerprint density at radius 1 is 1.29 bits per heavy atom. The zero-order chi connectivity index (χ0) is 5.11. The van der Waals surface area contributed by atoms with E-state index < -0.39 is 0 Å². The largest absolute Gasteiger partial charge is 0.261 e. The lowest BCUT2D eigenvalue weighted by Crippen LogP contribution is -2.41. The molecule has 1 nitrogen and oxygen atoms in total. The Labute approximate surface area is 48.0 Å². The van der Waals surface area contributed by atoms with Gasteiger partial charge in [-0.25, -0.2) is 0 Å². The Balaban J connectivity index is 2.25. The monoisotopic (exact) mass is 116 g/mol. The van der Waals surface area contributed by atoms with E-state index in [1.54, 1.807) is 0 Å². The van der Waals surface area contributed by atoms with Crippen molar-refractivity contribution in [3.8, 4) is 0 Å². The van der Waals surface area contributed by atoms with Crippen molar-refractivity contribution in [1.29, 1.82) is 0 Å². The van der Waals surface area contributed by atoms with Crippen LogP contribution in [0.2, 0.25) is 0 Å². The van der Waals surface area contributed by atoms with E-state index >= 15 is 0 Å². The molecule has 0 aromatic carbocycles. The maximum absolute atomic E-state index is 5.54. The van der Waals surface area contributed by atoms with Crippen LogP contribution in [0, 0.1) is 0 Å². The fourth-order valence-electron chi connectivity index (χ4n) is 0.634. The summed E-state index contributed by atoms with van der Waals surface area (Å²) < 4.78 is 0. The lowest BCUT2D eigenvalue weighted by molar-refractivity contribution is -0.118. The summed E-state index contributed by atoms with van der Waals surface area (Å²) in [6.07, 6.45) is 2.29. The van der Waals surface area contributed by atoms with Crippen molar-refractivity contribution in [3.63, 3.8) is 0 Å². The molecule has 0 amide bonds. The molecule has 0 bridgehead atoms. The molecule has 0 aliphatic carbocycles. The van der Waals surface area contributed by atoms with E-state index in [-0.39, 0.29) is 0 Å². The Kier molecular flexibility index (Phi) is 1.74. The fourth-order valence-corrected chi connectivity index (χ4v) is 1.65. The van der Waals surface area contributed by atoms with Gasteiger partial charge in [0.05, 0.1) is 0 Å². The van der Waals surface area contributed by atoms with Gasteiger partial charge in [-0.05, 0) is 0 Å². The molecule has 1 rings (SSSR count). The average molecular weight is 116 g/mol. The molecule has 0 aromatic rings. The minimum absolute atomic E-state index is 1.14. The van der Waals surface area contributed by atoms with Gasteiger partial charge in [-0.3, -0.25) is 5.41 Å². The Morgan fingerprint density at radius 2 is 1.86 bits per heavy atom. The standard InChI is InChI=1S/C5H9NS/c6-5-1-3-7-4-2-5/h6H,1-4H2/p+1. The number of hydrogen-bond acceptors (Lipinski definition) is 1. The molecule has 0 spiro atoms. The van der Waals surface area contributed by atoms with Crippen molar-refractivity contribution in [3.05, 3.63) is 0 Å². The van der Waals surface area contributed by atoms with E-state index in [2.05, 4.69) is 0 Å². The van der Waals surface area contributed by atoms with E-state index in [1.807, 2.05) is 11.8 Å². The van der Waals surface area contributed by atoms with Crippen LogP contribution in [0.15, 0.2) is 0 Å². The summed E-state index contributed by atoms with van der Waals surface area (Å²) in [4.78, 5) is 0. The number of thioether (sulfide) groups is 1. The van der Waals surface area contributed by atoms with Crippen LogP contribution in [-0.2, 0) is 0 Å². The third-order valence-electron chi connectivity index (χ3n) is 1.14. The van der Waals surface area contributed by atoms with Crippen LogP contribution >= 0.6 is 11.8 Å². The molecule has 0 unspecified atom stereocenters. The van der Waals surface area contributed by atoms with Gasteiger partial charge in [0.2, 0.25) is 0 Å². The van der Waals surface area contributed by atoms with Gasteiger partial charge in [-0.2, -0.15) is 11.8 Å². The van der Waals surface area contributed by atoms with Crippen LogP contribution in [0.3, 0.4) is 0 Å². The first kappa shape index (κ1) is 5.16. The molecule has 0 aromatic heterocycles. The second-order valence-corrected chi connectivity index (χ2v) is 3.00. The van der Waals surface area contributed by atoms with E-state index in [1.165, 1.54) is 17.2 Å². The van der Waals surface area contributed by atoms with Crippen LogP contribution < -0.4 is 5.41 Å². The summed E-state index contributed by atoms with van der Waals surface area (Å²) in [5.74, 6) is 2.48. The first-order chi connectivity index (χ1) is 3.39. The van der Waals surface area contributed by atoms with Gasteiger partial charge in [0.1, 0.15) is 0 Å². The van der Waals surface area contributed by atoms with Crippen LogP contribution in [-0.4, -0.2) is 17.2 Å². The molecule has 0 atom stereocenters. The smallest absolute Gasteiger partial charge is 0.150 e. The Hall–Kier alpha value is 0.0200. The highest BCUT2D eigenvalue weighted by Gasteiger charge is 2.07. The fraction of sp³-hybridized carbons (Fsp3) is 0.800. The first-order valence-electron chi connectivity index (χ1n) is 2.57. The molecule has 7 heavy (non-hydrogen) atoms. The highest BCUT2D eigenvalue weighted by Crippen LogP contribution is 2.11. The third kappa shape index (κ3) is 1.51. The van der Waals surface area contributed by atoms with Gasteiger partial charge >= 0.3 is 0 Å². The molecule has 40 valence electrons. The molecule has 1 fully saturated rings. The quantitative estimate of drug-likeness (QED) is 0.462. The van der Waals surface area contributed by atoms with Gasteiger partial charge in [-0.1, -0.05) is 0 Å². The zero-order valence-corrected chi connectivity index (χ0v) is 5.13. The number of nitrogens with two attached hydrogens (primary N) is 1. The van der Waals surface area contributed by atoms with Gasteiger partial charge in [0.25, 0.3) is 0 Å². The Morgan fingerprint density at radius 3 is 2.14 bits per heavy atom. The Bertz CT molecular complexity index is 72.1.